The average molecular weight is 305 g/mol. The average Bonchev–Trinajstić information content (AvgIpc) is 2.60. The lowest BCUT2D eigenvalue weighted by Gasteiger charge is -2.23. The Labute approximate surface area is 105 Å². The fourth-order valence-electron chi connectivity index (χ4n) is 1.71. The summed E-state index contributed by atoms with van der Waals surface area (Å²) in [6.45, 7) is 1.09. The fraction of sp³-hybridized carbons (Fsp3) is 0.364. The SMILES string of the molecule is Cn1cc2c(Br)ccc(C(C)(O)C(F)F)c2n1. The number of alkyl halides is 2. The van der Waals surface area contributed by atoms with E-state index in [1.54, 1.807) is 19.3 Å². The highest BCUT2D eigenvalue weighted by Crippen LogP contribution is 2.35. The lowest BCUT2D eigenvalue weighted by atomic mass is 9.94. The minimum Gasteiger partial charge on any atom is -0.379 e. The lowest BCUT2D eigenvalue weighted by molar-refractivity contribution is -0.0874. The molecule has 0 aliphatic heterocycles. The van der Waals surface area contributed by atoms with Crippen LogP contribution in [0.2, 0.25) is 0 Å². The van der Waals surface area contributed by atoms with Crippen LogP contribution >= 0.6 is 15.9 Å². The molecule has 0 saturated heterocycles. The van der Waals surface area contributed by atoms with E-state index in [-0.39, 0.29) is 5.56 Å². The molecule has 1 N–H and O–H groups in total. The van der Waals surface area contributed by atoms with Crippen molar-refractivity contribution < 1.29 is 13.9 Å². The number of aromatic nitrogens is 2. The molecule has 6 heteroatoms. The standard InChI is InChI=1S/C11H11BrF2N2O/c1-11(17,10(13)14)7-3-4-8(12)6-5-16(2)15-9(6)7/h3-5,10,17H,1-2H3. The van der Waals surface area contributed by atoms with Crippen LogP contribution in [0.3, 0.4) is 0 Å². The molecule has 0 amide bonds. The van der Waals surface area contributed by atoms with Crippen molar-refractivity contribution in [3.8, 4) is 0 Å². The highest BCUT2D eigenvalue weighted by atomic mass is 79.9. The highest BCUT2D eigenvalue weighted by Gasteiger charge is 2.36. The molecule has 2 aromatic rings. The van der Waals surface area contributed by atoms with Crippen molar-refractivity contribution in [1.82, 2.24) is 9.78 Å². The van der Waals surface area contributed by atoms with Crippen LogP contribution in [-0.4, -0.2) is 21.3 Å². The second-order valence-corrected chi connectivity index (χ2v) is 4.96. The van der Waals surface area contributed by atoms with E-state index in [9.17, 15) is 13.9 Å². The molecule has 1 aromatic carbocycles. The van der Waals surface area contributed by atoms with Crippen LogP contribution < -0.4 is 0 Å². The second-order valence-electron chi connectivity index (χ2n) is 4.11. The van der Waals surface area contributed by atoms with Crippen LogP contribution in [-0.2, 0) is 12.6 Å². The Morgan fingerprint density at radius 2 is 2.12 bits per heavy atom. The number of halogens is 3. The molecule has 3 nitrogen and oxygen atoms in total. The minimum absolute atomic E-state index is 0.131. The normalized spacial score (nSPS) is 15.5. The molecule has 1 unspecified atom stereocenters. The topological polar surface area (TPSA) is 38.0 Å². The first-order valence-corrected chi connectivity index (χ1v) is 5.76. The summed E-state index contributed by atoms with van der Waals surface area (Å²) in [6.07, 6.45) is -1.15. The predicted molar refractivity (Wildman–Crippen MR) is 64.0 cm³/mol. The van der Waals surface area contributed by atoms with Crippen LogP contribution in [0, 0.1) is 0 Å². The highest BCUT2D eigenvalue weighted by molar-refractivity contribution is 9.10. The largest absolute Gasteiger partial charge is 0.379 e. The Balaban J connectivity index is 2.75. The summed E-state index contributed by atoms with van der Waals surface area (Å²) in [5, 5.41) is 14.7. The van der Waals surface area contributed by atoms with Gasteiger partial charge in [0.05, 0.1) is 5.52 Å². The number of fused-ring (bicyclic) bond motifs is 1. The molecule has 0 saturated carbocycles. The van der Waals surface area contributed by atoms with Gasteiger partial charge < -0.3 is 5.11 Å². The van der Waals surface area contributed by atoms with E-state index in [0.717, 1.165) is 11.4 Å². The molecular weight excluding hydrogens is 294 g/mol. The summed E-state index contributed by atoms with van der Waals surface area (Å²) in [5.41, 5.74) is -1.69. The maximum absolute atomic E-state index is 12.8. The number of aryl methyl sites for hydroxylation is 1. The van der Waals surface area contributed by atoms with E-state index < -0.39 is 12.0 Å². The van der Waals surface area contributed by atoms with Crippen molar-refractivity contribution in [3.63, 3.8) is 0 Å². The summed E-state index contributed by atoms with van der Waals surface area (Å²) >= 11 is 3.33. The van der Waals surface area contributed by atoms with Crippen molar-refractivity contribution >= 4 is 26.8 Å². The van der Waals surface area contributed by atoms with Gasteiger partial charge in [-0.15, -0.1) is 0 Å². The molecule has 0 fully saturated rings. The molecule has 0 aliphatic rings. The summed E-state index contributed by atoms with van der Waals surface area (Å²) < 4.78 is 28.0. The van der Waals surface area contributed by atoms with Crippen molar-refractivity contribution in [2.24, 2.45) is 7.05 Å². The first-order chi connectivity index (χ1) is 7.84. The van der Waals surface area contributed by atoms with Gasteiger partial charge >= 0.3 is 0 Å². The van der Waals surface area contributed by atoms with Gasteiger partial charge in [0.2, 0.25) is 0 Å². The zero-order valence-corrected chi connectivity index (χ0v) is 10.9. The Kier molecular flexibility index (Phi) is 2.95. The van der Waals surface area contributed by atoms with E-state index >= 15 is 0 Å². The Morgan fingerprint density at radius 1 is 1.47 bits per heavy atom. The molecule has 92 valence electrons. The third-order valence-corrected chi connectivity index (χ3v) is 3.40. The van der Waals surface area contributed by atoms with E-state index in [1.165, 1.54) is 10.7 Å². The van der Waals surface area contributed by atoms with Crippen LogP contribution in [0.1, 0.15) is 12.5 Å². The van der Waals surface area contributed by atoms with Gasteiger partial charge in [-0.2, -0.15) is 5.10 Å². The number of hydrogen-bond donors (Lipinski definition) is 1. The summed E-state index contributed by atoms with van der Waals surface area (Å²) in [5.74, 6) is 0. The molecule has 0 spiro atoms. The molecular formula is C11H11BrF2N2O. The molecule has 1 aromatic heterocycles. The monoisotopic (exact) mass is 304 g/mol. The van der Waals surface area contributed by atoms with Crippen molar-refractivity contribution in [3.05, 3.63) is 28.4 Å². The van der Waals surface area contributed by atoms with Crippen LogP contribution in [0.4, 0.5) is 8.78 Å². The van der Waals surface area contributed by atoms with Gasteiger partial charge in [0.25, 0.3) is 6.43 Å². The van der Waals surface area contributed by atoms with Gasteiger partial charge in [-0.3, -0.25) is 4.68 Å². The van der Waals surface area contributed by atoms with E-state index in [2.05, 4.69) is 21.0 Å². The smallest absolute Gasteiger partial charge is 0.270 e. The van der Waals surface area contributed by atoms with Crippen molar-refractivity contribution in [1.29, 1.82) is 0 Å². The zero-order chi connectivity index (χ0) is 12.8. The summed E-state index contributed by atoms with van der Waals surface area (Å²) in [4.78, 5) is 0. The van der Waals surface area contributed by atoms with Gasteiger partial charge in [0, 0.05) is 28.7 Å². The molecule has 1 atom stereocenters. The maximum atomic E-state index is 12.8. The Morgan fingerprint density at radius 3 is 2.71 bits per heavy atom. The van der Waals surface area contributed by atoms with E-state index in [4.69, 9.17) is 0 Å². The molecule has 2 rings (SSSR count). The van der Waals surface area contributed by atoms with Crippen LogP contribution in [0.15, 0.2) is 22.8 Å². The first-order valence-electron chi connectivity index (χ1n) is 4.97. The van der Waals surface area contributed by atoms with Gasteiger partial charge in [0.15, 0.2) is 0 Å². The lowest BCUT2D eigenvalue weighted by Crippen LogP contribution is -2.30. The molecule has 0 aliphatic carbocycles. The van der Waals surface area contributed by atoms with Gasteiger partial charge in [0.1, 0.15) is 5.60 Å². The van der Waals surface area contributed by atoms with Crippen LogP contribution in [0.25, 0.3) is 10.9 Å². The number of nitrogens with zero attached hydrogens (tertiary/aromatic N) is 2. The number of rotatable bonds is 2. The van der Waals surface area contributed by atoms with E-state index in [0.29, 0.717) is 10.9 Å². The molecule has 1 heterocycles. The second kappa shape index (κ2) is 4.03. The quantitative estimate of drug-likeness (QED) is 0.926. The first kappa shape index (κ1) is 12.4. The number of benzene rings is 1. The van der Waals surface area contributed by atoms with Crippen LogP contribution in [0.5, 0.6) is 0 Å². The van der Waals surface area contributed by atoms with Gasteiger partial charge in [-0.1, -0.05) is 22.0 Å². The third-order valence-electron chi connectivity index (χ3n) is 2.71. The van der Waals surface area contributed by atoms with Gasteiger partial charge in [-0.05, 0) is 13.0 Å². The number of hydrogen-bond acceptors (Lipinski definition) is 2. The molecule has 17 heavy (non-hydrogen) atoms. The van der Waals surface area contributed by atoms with Crippen molar-refractivity contribution in [2.75, 3.05) is 0 Å². The molecule has 0 bridgehead atoms. The Hall–Kier alpha value is -1.01. The van der Waals surface area contributed by atoms with Gasteiger partial charge in [-0.25, -0.2) is 8.78 Å². The summed E-state index contributed by atoms with van der Waals surface area (Å²) in [6, 6.07) is 3.10. The third kappa shape index (κ3) is 1.95. The zero-order valence-electron chi connectivity index (χ0n) is 9.28. The maximum Gasteiger partial charge on any atom is 0.270 e. The molecule has 0 radical (unpaired) electrons. The summed E-state index contributed by atoms with van der Waals surface area (Å²) in [7, 11) is 1.70. The fourth-order valence-corrected chi connectivity index (χ4v) is 2.14. The minimum atomic E-state index is -2.87. The van der Waals surface area contributed by atoms with Crippen molar-refractivity contribution in [2.45, 2.75) is 19.0 Å². The number of aliphatic hydroxyl groups is 1. The van der Waals surface area contributed by atoms with E-state index in [1.807, 2.05) is 0 Å². The predicted octanol–water partition coefficient (Wildman–Crippen LogP) is 2.81. The Bertz CT molecular complexity index is 566.